The average Bonchev–Trinajstić information content (AvgIpc) is 2.58. The summed E-state index contributed by atoms with van der Waals surface area (Å²) in [5.74, 6) is -0.547. The van der Waals surface area contributed by atoms with E-state index in [1.807, 2.05) is 0 Å². The van der Waals surface area contributed by atoms with Crippen molar-refractivity contribution in [1.29, 1.82) is 0 Å². The van der Waals surface area contributed by atoms with Gasteiger partial charge in [-0.05, 0) is 43.5 Å². The Balaban J connectivity index is 2.57. The van der Waals surface area contributed by atoms with E-state index in [1.54, 1.807) is 6.92 Å². The van der Waals surface area contributed by atoms with Gasteiger partial charge in [0.2, 0.25) is 10.0 Å². The lowest BCUT2D eigenvalue weighted by Crippen LogP contribution is -2.26. The van der Waals surface area contributed by atoms with Crippen molar-refractivity contribution in [3.63, 3.8) is 0 Å². The van der Waals surface area contributed by atoms with E-state index in [0.717, 1.165) is 10.7 Å². The number of ether oxygens (including phenoxy) is 2. The van der Waals surface area contributed by atoms with Gasteiger partial charge in [0.1, 0.15) is 0 Å². The zero-order chi connectivity index (χ0) is 19.9. The lowest BCUT2D eigenvalue weighted by molar-refractivity contribution is -0.155. The summed E-state index contributed by atoms with van der Waals surface area (Å²) in [4.78, 5) is 24.0. The molecule has 0 aliphatic carbocycles. The Bertz CT molecular complexity index is 710. The molecule has 7 nitrogen and oxygen atoms in total. The largest absolute Gasteiger partial charge is 0.455 e. The molecule has 0 radical (unpaired) electrons. The lowest BCUT2D eigenvalue weighted by atomic mass is 10.1. The van der Waals surface area contributed by atoms with Crippen molar-refractivity contribution < 1.29 is 27.5 Å². The highest BCUT2D eigenvalue weighted by Crippen LogP contribution is 2.14. The molecule has 0 spiro atoms. The molecule has 26 heavy (non-hydrogen) atoms. The minimum absolute atomic E-state index is 0.0863. The van der Waals surface area contributed by atoms with E-state index in [-0.39, 0.29) is 10.5 Å². The van der Waals surface area contributed by atoms with E-state index in [0.29, 0.717) is 12.5 Å². The molecule has 0 aliphatic rings. The SMILES string of the molecule is CC(C)CCOC(C)C(=O)OCC(=O)c1ccc(S(=O)(=O)N(C)C)cc1. The molecule has 0 aromatic heterocycles. The van der Waals surface area contributed by atoms with Gasteiger partial charge in [0, 0.05) is 26.3 Å². The summed E-state index contributed by atoms with van der Waals surface area (Å²) in [6, 6.07) is 5.49. The van der Waals surface area contributed by atoms with E-state index in [9.17, 15) is 18.0 Å². The van der Waals surface area contributed by atoms with Crippen LogP contribution in [-0.2, 0) is 24.3 Å². The lowest BCUT2D eigenvalue weighted by Gasteiger charge is -2.13. The van der Waals surface area contributed by atoms with Crippen molar-refractivity contribution in [2.24, 2.45) is 5.92 Å². The van der Waals surface area contributed by atoms with Crippen LogP contribution in [0, 0.1) is 5.92 Å². The molecule has 0 N–H and O–H groups in total. The van der Waals surface area contributed by atoms with Crippen LogP contribution in [0.3, 0.4) is 0 Å². The molecule has 0 fully saturated rings. The molecule has 0 heterocycles. The second-order valence-electron chi connectivity index (χ2n) is 6.54. The van der Waals surface area contributed by atoms with Crippen LogP contribution >= 0.6 is 0 Å². The minimum atomic E-state index is -3.55. The van der Waals surface area contributed by atoms with Crippen molar-refractivity contribution in [2.45, 2.75) is 38.2 Å². The number of hydrogen-bond donors (Lipinski definition) is 0. The monoisotopic (exact) mass is 385 g/mol. The van der Waals surface area contributed by atoms with Gasteiger partial charge in [0.15, 0.2) is 18.5 Å². The number of esters is 1. The fourth-order valence-electron chi connectivity index (χ4n) is 1.91. The number of carbonyl (C=O) groups excluding carboxylic acids is 2. The number of carbonyl (C=O) groups is 2. The third kappa shape index (κ3) is 6.51. The quantitative estimate of drug-likeness (QED) is 0.453. The van der Waals surface area contributed by atoms with Crippen molar-refractivity contribution in [2.75, 3.05) is 27.3 Å². The van der Waals surface area contributed by atoms with E-state index in [1.165, 1.54) is 38.4 Å². The molecule has 1 unspecified atom stereocenters. The molecule has 0 saturated carbocycles. The first kappa shape index (κ1) is 22.3. The fourth-order valence-corrected chi connectivity index (χ4v) is 2.81. The molecule has 146 valence electrons. The predicted octanol–water partition coefficient (Wildman–Crippen LogP) is 2.11. The van der Waals surface area contributed by atoms with Gasteiger partial charge in [-0.1, -0.05) is 13.8 Å². The first-order valence-electron chi connectivity index (χ1n) is 8.39. The van der Waals surface area contributed by atoms with Crippen LogP contribution in [0.4, 0.5) is 0 Å². The van der Waals surface area contributed by atoms with Crippen molar-refractivity contribution in [3.8, 4) is 0 Å². The molecular formula is C18H27NO6S. The van der Waals surface area contributed by atoms with Gasteiger partial charge < -0.3 is 9.47 Å². The Labute approximate surface area is 155 Å². The predicted molar refractivity (Wildman–Crippen MR) is 97.5 cm³/mol. The number of benzene rings is 1. The molecule has 1 aromatic rings. The van der Waals surface area contributed by atoms with Crippen molar-refractivity contribution >= 4 is 21.8 Å². The number of sulfonamides is 1. The van der Waals surface area contributed by atoms with E-state index >= 15 is 0 Å². The zero-order valence-electron chi connectivity index (χ0n) is 15.9. The van der Waals surface area contributed by atoms with Gasteiger partial charge in [0.05, 0.1) is 4.90 Å². The van der Waals surface area contributed by atoms with Crippen LogP contribution in [0.15, 0.2) is 29.2 Å². The molecule has 1 rings (SSSR count). The van der Waals surface area contributed by atoms with Gasteiger partial charge >= 0.3 is 5.97 Å². The van der Waals surface area contributed by atoms with Gasteiger partial charge in [-0.3, -0.25) is 4.79 Å². The number of hydrogen-bond acceptors (Lipinski definition) is 6. The summed E-state index contributed by atoms with van der Waals surface area (Å²) in [7, 11) is -0.694. The summed E-state index contributed by atoms with van der Waals surface area (Å²) in [5.41, 5.74) is 0.267. The van der Waals surface area contributed by atoms with Crippen molar-refractivity contribution in [1.82, 2.24) is 4.31 Å². The maximum absolute atomic E-state index is 12.1. The molecular weight excluding hydrogens is 358 g/mol. The molecule has 1 atom stereocenters. The van der Waals surface area contributed by atoms with Gasteiger partial charge in [-0.25, -0.2) is 17.5 Å². The highest BCUT2D eigenvalue weighted by Gasteiger charge is 2.19. The topological polar surface area (TPSA) is 90.0 Å². The second kappa shape index (κ2) is 9.80. The van der Waals surface area contributed by atoms with Crippen LogP contribution in [0.2, 0.25) is 0 Å². The third-order valence-electron chi connectivity index (χ3n) is 3.70. The summed E-state index contributed by atoms with van der Waals surface area (Å²) in [5, 5.41) is 0. The maximum atomic E-state index is 12.1. The first-order valence-corrected chi connectivity index (χ1v) is 9.83. The Morgan fingerprint density at radius 2 is 1.65 bits per heavy atom. The minimum Gasteiger partial charge on any atom is -0.455 e. The first-order chi connectivity index (χ1) is 12.1. The fraction of sp³-hybridized carbons (Fsp3) is 0.556. The summed E-state index contributed by atoms with van der Waals surface area (Å²) in [6.07, 6.45) is 0.0906. The Kier molecular flexibility index (Phi) is 8.39. The van der Waals surface area contributed by atoms with Crippen LogP contribution in [0.25, 0.3) is 0 Å². The molecule has 0 aliphatic heterocycles. The van der Waals surface area contributed by atoms with E-state index in [4.69, 9.17) is 9.47 Å². The van der Waals surface area contributed by atoms with Gasteiger partial charge in [0.25, 0.3) is 0 Å². The highest BCUT2D eigenvalue weighted by molar-refractivity contribution is 7.89. The van der Waals surface area contributed by atoms with Crippen molar-refractivity contribution in [3.05, 3.63) is 29.8 Å². The molecule has 8 heteroatoms. The highest BCUT2D eigenvalue weighted by atomic mass is 32.2. The Morgan fingerprint density at radius 1 is 1.08 bits per heavy atom. The normalized spacial score (nSPS) is 13.0. The number of nitrogens with zero attached hydrogens (tertiary/aromatic N) is 1. The number of rotatable bonds is 10. The van der Waals surface area contributed by atoms with Crippen LogP contribution in [0.5, 0.6) is 0 Å². The number of Topliss-reactive ketones (excluding diaryl/α,β-unsaturated/α-hetero) is 1. The molecule has 0 amide bonds. The van der Waals surface area contributed by atoms with E-state index < -0.39 is 34.5 Å². The smallest absolute Gasteiger partial charge is 0.335 e. The Morgan fingerprint density at radius 3 is 2.15 bits per heavy atom. The van der Waals surface area contributed by atoms with E-state index in [2.05, 4.69) is 13.8 Å². The standard InChI is InChI=1S/C18H27NO6S/c1-13(2)10-11-24-14(3)18(21)25-12-17(20)15-6-8-16(9-7-15)26(22,23)19(4)5/h6-9,13-14H,10-12H2,1-5H3. The zero-order valence-corrected chi connectivity index (χ0v) is 16.7. The molecule has 0 bridgehead atoms. The summed E-state index contributed by atoms with van der Waals surface area (Å²) >= 11 is 0. The Hall–Kier alpha value is -1.77. The van der Waals surface area contributed by atoms with Gasteiger partial charge in [-0.15, -0.1) is 0 Å². The maximum Gasteiger partial charge on any atom is 0.335 e. The molecule has 0 saturated heterocycles. The average molecular weight is 385 g/mol. The molecule has 1 aromatic carbocycles. The summed E-state index contributed by atoms with van der Waals surface area (Å²) < 4.78 is 35.4. The third-order valence-corrected chi connectivity index (χ3v) is 5.52. The van der Waals surface area contributed by atoms with Crippen LogP contribution in [0.1, 0.15) is 37.6 Å². The second-order valence-corrected chi connectivity index (χ2v) is 8.69. The summed E-state index contributed by atoms with van der Waals surface area (Å²) in [6.45, 7) is 5.72. The van der Waals surface area contributed by atoms with Crippen LogP contribution in [-0.4, -0.2) is 57.9 Å². The van der Waals surface area contributed by atoms with Gasteiger partial charge in [-0.2, -0.15) is 0 Å². The van der Waals surface area contributed by atoms with Crippen LogP contribution < -0.4 is 0 Å². The number of ketones is 1.